The van der Waals surface area contributed by atoms with Crippen LogP contribution in [0.5, 0.6) is 0 Å². The largest absolute Gasteiger partial charge is 0.314 e. The number of halogens is 1. The first-order valence-electron chi connectivity index (χ1n) is 7.96. The molecule has 0 atom stereocenters. The van der Waals surface area contributed by atoms with Gasteiger partial charge >= 0.3 is 0 Å². The van der Waals surface area contributed by atoms with E-state index in [1.165, 1.54) is 29.3 Å². The molecule has 1 aromatic rings. The molecule has 6 heteroatoms. The number of piperidine rings is 1. The Labute approximate surface area is 131 Å². The molecule has 1 heterocycles. The molecular weight excluding hydrogens is 303 g/mol. The van der Waals surface area contributed by atoms with Gasteiger partial charge in [-0.15, -0.1) is 0 Å². The predicted molar refractivity (Wildman–Crippen MR) is 83.6 cm³/mol. The molecule has 0 spiro atoms. The molecule has 1 saturated heterocycles. The van der Waals surface area contributed by atoms with Crippen molar-refractivity contribution < 1.29 is 12.8 Å². The quantitative estimate of drug-likeness (QED) is 0.903. The lowest BCUT2D eigenvalue weighted by Crippen LogP contribution is -2.45. The molecule has 0 bridgehead atoms. The Kier molecular flexibility index (Phi) is 4.52. The Balaban J connectivity index is 1.63. The standard InChI is InChI=1S/C16H23FN2O2S/c1-12-8-14(17)10-16(9-12)22(20,21)19-6-4-15(5-7-19)18-11-13-2-3-13/h8-10,13,15,18H,2-7,11H2,1H3. The molecule has 2 aliphatic rings. The summed E-state index contributed by atoms with van der Waals surface area (Å²) in [7, 11) is -3.58. The van der Waals surface area contributed by atoms with E-state index in [4.69, 9.17) is 0 Å². The Hall–Kier alpha value is -0.980. The fraction of sp³-hybridized carbons (Fsp3) is 0.625. The number of nitrogens with one attached hydrogen (secondary N) is 1. The molecule has 1 saturated carbocycles. The summed E-state index contributed by atoms with van der Waals surface area (Å²) in [4.78, 5) is 0.0642. The Bertz CT molecular complexity index is 615. The molecule has 2 fully saturated rings. The van der Waals surface area contributed by atoms with E-state index >= 15 is 0 Å². The highest BCUT2D eigenvalue weighted by Crippen LogP contribution is 2.28. The van der Waals surface area contributed by atoms with Crippen LogP contribution in [0.25, 0.3) is 0 Å². The van der Waals surface area contributed by atoms with Gasteiger partial charge in [0.25, 0.3) is 0 Å². The Morgan fingerprint density at radius 2 is 1.86 bits per heavy atom. The second-order valence-corrected chi connectivity index (χ2v) is 8.43. The highest BCUT2D eigenvalue weighted by atomic mass is 32.2. The number of rotatable bonds is 5. The molecule has 0 unspecified atom stereocenters. The Morgan fingerprint density at radius 1 is 1.18 bits per heavy atom. The highest BCUT2D eigenvalue weighted by Gasteiger charge is 2.30. The predicted octanol–water partition coefficient (Wildman–Crippen LogP) is 2.29. The van der Waals surface area contributed by atoms with Crippen LogP contribution in [0.3, 0.4) is 0 Å². The van der Waals surface area contributed by atoms with Gasteiger partial charge in [-0.1, -0.05) is 0 Å². The minimum absolute atomic E-state index is 0.0642. The van der Waals surface area contributed by atoms with Crippen LogP contribution >= 0.6 is 0 Å². The van der Waals surface area contributed by atoms with Crippen LogP contribution in [0.15, 0.2) is 23.1 Å². The molecule has 3 rings (SSSR count). The summed E-state index contributed by atoms with van der Waals surface area (Å²) in [6, 6.07) is 4.39. The van der Waals surface area contributed by atoms with Gasteiger partial charge in [-0.05, 0) is 68.8 Å². The van der Waals surface area contributed by atoms with Gasteiger partial charge in [0.05, 0.1) is 4.90 Å². The van der Waals surface area contributed by atoms with Gasteiger partial charge < -0.3 is 5.32 Å². The van der Waals surface area contributed by atoms with Crippen molar-refractivity contribution in [3.8, 4) is 0 Å². The van der Waals surface area contributed by atoms with E-state index in [0.717, 1.165) is 31.4 Å². The third kappa shape index (κ3) is 3.67. The van der Waals surface area contributed by atoms with E-state index in [2.05, 4.69) is 5.32 Å². The number of hydrogen-bond donors (Lipinski definition) is 1. The van der Waals surface area contributed by atoms with Crippen LogP contribution in [0.1, 0.15) is 31.2 Å². The van der Waals surface area contributed by atoms with Crippen LogP contribution in [-0.2, 0) is 10.0 Å². The van der Waals surface area contributed by atoms with Crippen molar-refractivity contribution in [1.82, 2.24) is 9.62 Å². The summed E-state index contributed by atoms with van der Waals surface area (Å²) in [6.45, 7) is 3.76. The number of hydrogen-bond acceptors (Lipinski definition) is 3. The second kappa shape index (κ2) is 6.26. The van der Waals surface area contributed by atoms with E-state index in [1.807, 2.05) is 0 Å². The summed E-state index contributed by atoms with van der Waals surface area (Å²) >= 11 is 0. The van der Waals surface area contributed by atoms with Crippen LogP contribution in [0.2, 0.25) is 0 Å². The zero-order valence-electron chi connectivity index (χ0n) is 12.9. The molecule has 22 heavy (non-hydrogen) atoms. The average molecular weight is 326 g/mol. The molecule has 0 radical (unpaired) electrons. The third-order valence-electron chi connectivity index (χ3n) is 4.50. The summed E-state index contributed by atoms with van der Waals surface area (Å²) < 4.78 is 40.2. The van der Waals surface area contributed by atoms with Crippen molar-refractivity contribution >= 4 is 10.0 Å². The lowest BCUT2D eigenvalue weighted by Gasteiger charge is -2.31. The average Bonchev–Trinajstić information content (AvgIpc) is 3.29. The maximum Gasteiger partial charge on any atom is 0.243 e. The van der Waals surface area contributed by atoms with Crippen LogP contribution in [-0.4, -0.2) is 38.4 Å². The molecule has 0 amide bonds. The van der Waals surface area contributed by atoms with Crippen molar-refractivity contribution in [3.05, 3.63) is 29.6 Å². The summed E-state index contributed by atoms with van der Waals surface area (Å²) in [5.74, 6) is 0.330. The van der Waals surface area contributed by atoms with Crippen LogP contribution < -0.4 is 5.32 Å². The summed E-state index contributed by atoms with van der Waals surface area (Å²) in [6.07, 6.45) is 4.28. The fourth-order valence-electron chi connectivity index (χ4n) is 2.96. The fourth-order valence-corrected chi connectivity index (χ4v) is 4.54. The van der Waals surface area contributed by atoms with Gasteiger partial charge in [0, 0.05) is 19.1 Å². The third-order valence-corrected chi connectivity index (χ3v) is 6.38. The van der Waals surface area contributed by atoms with Crippen molar-refractivity contribution in [1.29, 1.82) is 0 Å². The number of nitrogens with zero attached hydrogens (tertiary/aromatic N) is 1. The SMILES string of the molecule is Cc1cc(F)cc(S(=O)(=O)N2CCC(NCC3CC3)CC2)c1. The van der Waals surface area contributed by atoms with Gasteiger partial charge in [-0.2, -0.15) is 4.31 Å². The van der Waals surface area contributed by atoms with Gasteiger partial charge in [-0.25, -0.2) is 12.8 Å². The Morgan fingerprint density at radius 3 is 2.45 bits per heavy atom. The maximum absolute atomic E-state index is 13.5. The van der Waals surface area contributed by atoms with Gasteiger partial charge in [0.15, 0.2) is 0 Å². The monoisotopic (exact) mass is 326 g/mol. The zero-order valence-corrected chi connectivity index (χ0v) is 13.7. The smallest absolute Gasteiger partial charge is 0.243 e. The first-order valence-corrected chi connectivity index (χ1v) is 9.40. The zero-order chi connectivity index (χ0) is 15.7. The first-order chi connectivity index (χ1) is 10.4. The van der Waals surface area contributed by atoms with Crippen molar-refractivity contribution in [3.63, 3.8) is 0 Å². The molecular formula is C16H23FN2O2S. The first kappa shape index (κ1) is 15.9. The van der Waals surface area contributed by atoms with Gasteiger partial charge in [-0.3, -0.25) is 0 Å². The van der Waals surface area contributed by atoms with E-state index in [0.29, 0.717) is 24.7 Å². The van der Waals surface area contributed by atoms with E-state index in [9.17, 15) is 12.8 Å². The number of sulfonamides is 1. The normalized spacial score (nSPS) is 21.2. The maximum atomic E-state index is 13.5. The number of benzene rings is 1. The lowest BCUT2D eigenvalue weighted by atomic mass is 10.1. The van der Waals surface area contributed by atoms with Crippen molar-refractivity contribution in [2.75, 3.05) is 19.6 Å². The molecule has 122 valence electrons. The minimum Gasteiger partial charge on any atom is -0.314 e. The molecule has 0 aromatic heterocycles. The van der Waals surface area contributed by atoms with Crippen LogP contribution in [0.4, 0.5) is 4.39 Å². The van der Waals surface area contributed by atoms with E-state index in [-0.39, 0.29) is 4.90 Å². The van der Waals surface area contributed by atoms with E-state index < -0.39 is 15.8 Å². The highest BCUT2D eigenvalue weighted by molar-refractivity contribution is 7.89. The molecule has 4 nitrogen and oxygen atoms in total. The topological polar surface area (TPSA) is 49.4 Å². The molecule has 1 aliphatic heterocycles. The summed E-state index contributed by atoms with van der Waals surface area (Å²) in [5.41, 5.74) is 0.625. The molecule has 1 N–H and O–H groups in total. The van der Waals surface area contributed by atoms with E-state index in [1.54, 1.807) is 6.92 Å². The minimum atomic E-state index is -3.58. The van der Waals surface area contributed by atoms with Gasteiger partial charge in [0.1, 0.15) is 5.82 Å². The molecule has 1 aromatic carbocycles. The second-order valence-electron chi connectivity index (χ2n) is 6.49. The van der Waals surface area contributed by atoms with Gasteiger partial charge in [0.2, 0.25) is 10.0 Å². The van der Waals surface area contributed by atoms with Crippen molar-refractivity contribution in [2.24, 2.45) is 5.92 Å². The number of aryl methyl sites for hydroxylation is 1. The summed E-state index contributed by atoms with van der Waals surface area (Å²) in [5, 5.41) is 3.53. The molecule has 1 aliphatic carbocycles. The van der Waals surface area contributed by atoms with Crippen LogP contribution in [0, 0.1) is 18.7 Å². The lowest BCUT2D eigenvalue weighted by molar-refractivity contribution is 0.288. The van der Waals surface area contributed by atoms with Crippen molar-refractivity contribution in [2.45, 2.75) is 43.5 Å².